The molecule has 170 valence electrons. The average molecular weight is 445 g/mol. The fourth-order valence-corrected chi connectivity index (χ4v) is 2.98. The van der Waals surface area contributed by atoms with Crippen molar-refractivity contribution in [1.29, 1.82) is 0 Å². The minimum absolute atomic E-state index is 0.126. The van der Waals surface area contributed by atoms with E-state index in [0.29, 0.717) is 5.56 Å². The van der Waals surface area contributed by atoms with Crippen LogP contribution in [-0.4, -0.2) is 35.4 Å². The zero-order valence-electron chi connectivity index (χ0n) is 17.7. The summed E-state index contributed by atoms with van der Waals surface area (Å²) >= 11 is 0. The van der Waals surface area contributed by atoms with Gasteiger partial charge in [-0.2, -0.15) is 0 Å². The molecule has 2 aromatic rings. The number of carbonyl (C=O) groups is 3. The van der Waals surface area contributed by atoms with Crippen molar-refractivity contribution in [1.82, 2.24) is 10.6 Å². The summed E-state index contributed by atoms with van der Waals surface area (Å²) in [5, 5.41) is 16.3. The molecule has 2 amide bonds. The zero-order valence-corrected chi connectivity index (χ0v) is 17.7. The van der Waals surface area contributed by atoms with E-state index in [0.717, 1.165) is 0 Å². The molecule has 9 nitrogen and oxygen atoms in total. The quantitative estimate of drug-likeness (QED) is 0.329. The first kappa shape index (κ1) is 24.4. The lowest BCUT2D eigenvalue weighted by Gasteiger charge is -2.19. The van der Waals surface area contributed by atoms with Crippen LogP contribution in [0, 0.1) is 15.9 Å². The van der Waals surface area contributed by atoms with E-state index in [1.165, 1.54) is 36.4 Å². The SMILES string of the molecule is CC(C)OC(=O)CC(NC(=O)CNC(=O)Cc1cccc(F)c1)c1ccccc1[N+](=O)[O-]. The molecule has 0 fully saturated rings. The van der Waals surface area contributed by atoms with Crippen molar-refractivity contribution in [2.45, 2.75) is 38.8 Å². The Bertz CT molecular complexity index is 995. The van der Waals surface area contributed by atoms with Crippen LogP contribution >= 0.6 is 0 Å². The van der Waals surface area contributed by atoms with Gasteiger partial charge in [-0.25, -0.2) is 4.39 Å². The summed E-state index contributed by atoms with van der Waals surface area (Å²) in [6, 6.07) is 10.2. The lowest BCUT2D eigenvalue weighted by atomic mass is 10.0. The zero-order chi connectivity index (χ0) is 23.7. The maximum atomic E-state index is 13.2. The van der Waals surface area contributed by atoms with E-state index in [9.17, 15) is 28.9 Å². The standard InChI is InChI=1S/C22H24FN3O6/c1-14(2)32-22(29)12-18(17-8-3-4-9-19(17)26(30)31)25-21(28)13-24-20(27)11-15-6-5-7-16(23)10-15/h3-10,14,18H,11-13H2,1-2H3,(H,24,27)(H,25,28). The molecule has 0 aliphatic rings. The van der Waals surface area contributed by atoms with Gasteiger partial charge in [-0.3, -0.25) is 24.5 Å². The van der Waals surface area contributed by atoms with Crippen molar-refractivity contribution in [2.24, 2.45) is 0 Å². The van der Waals surface area contributed by atoms with Gasteiger partial charge in [0.05, 0.1) is 42.0 Å². The van der Waals surface area contributed by atoms with Crippen molar-refractivity contribution in [3.05, 3.63) is 75.6 Å². The number of hydrogen-bond donors (Lipinski definition) is 2. The van der Waals surface area contributed by atoms with Gasteiger partial charge in [0.1, 0.15) is 5.82 Å². The van der Waals surface area contributed by atoms with Crippen LogP contribution in [0.3, 0.4) is 0 Å². The highest BCUT2D eigenvalue weighted by Gasteiger charge is 2.26. The van der Waals surface area contributed by atoms with Gasteiger partial charge in [0, 0.05) is 6.07 Å². The largest absolute Gasteiger partial charge is 0.463 e. The van der Waals surface area contributed by atoms with E-state index < -0.39 is 47.2 Å². The second-order valence-corrected chi connectivity index (χ2v) is 7.26. The molecule has 0 aliphatic carbocycles. The van der Waals surface area contributed by atoms with Crippen molar-refractivity contribution in [3.8, 4) is 0 Å². The molecule has 0 aromatic heterocycles. The maximum Gasteiger partial charge on any atom is 0.308 e. The second kappa shape index (κ2) is 11.5. The Balaban J connectivity index is 2.06. The van der Waals surface area contributed by atoms with Crippen LogP contribution in [0.25, 0.3) is 0 Å². The highest BCUT2D eigenvalue weighted by atomic mass is 19.1. The van der Waals surface area contributed by atoms with Gasteiger partial charge >= 0.3 is 5.97 Å². The number of hydrogen-bond acceptors (Lipinski definition) is 6. The maximum absolute atomic E-state index is 13.2. The van der Waals surface area contributed by atoms with Crippen molar-refractivity contribution >= 4 is 23.5 Å². The van der Waals surface area contributed by atoms with E-state index in [2.05, 4.69) is 10.6 Å². The molecule has 1 unspecified atom stereocenters. The van der Waals surface area contributed by atoms with Gasteiger partial charge in [0.15, 0.2) is 0 Å². The Morgan fingerprint density at radius 2 is 1.81 bits per heavy atom. The fourth-order valence-electron chi connectivity index (χ4n) is 2.98. The monoisotopic (exact) mass is 445 g/mol. The van der Waals surface area contributed by atoms with Gasteiger partial charge in [-0.15, -0.1) is 0 Å². The van der Waals surface area contributed by atoms with Crippen LogP contribution in [0.2, 0.25) is 0 Å². The number of ether oxygens (including phenoxy) is 1. The van der Waals surface area contributed by atoms with E-state index in [-0.39, 0.29) is 24.1 Å². The number of amides is 2. The van der Waals surface area contributed by atoms with E-state index in [4.69, 9.17) is 4.74 Å². The van der Waals surface area contributed by atoms with Crippen molar-refractivity contribution < 1.29 is 28.4 Å². The first-order valence-corrected chi connectivity index (χ1v) is 9.89. The number of rotatable bonds is 10. The number of nitro groups is 1. The molecule has 0 saturated carbocycles. The number of esters is 1. The van der Waals surface area contributed by atoms with E-state index in [1.54, 1.807) is 26.0 Å². The summed E-state index contributed by atoms with van der Waals surface area (Å²) in [5.74, 6) is -2.28. The predicted octanol–water partition coefficient (Wildman–Crippen LogP) is 2.59. The Kier molecular flexibility index (Phi) is 8.82. The smallest absolute Gasteiger partial charge is 0.308 e. The third kappa shape index (κ3) is 7.78. The molecule has 0 bridgehead atoms. The second-order valence-electron chi connectivity index (χ2n) is 7.26. The molecule has 32 heavy (non-hydrogen) atoms. The highest BCUT2D eigenvalue weighted by molar-refractivity contribution is 5.86. The molecule has 1 atom stereocenters. The molecule has 0 heterocycles. The minimum atomic E-state index is -1.03. The highest BCUT2D eigenvalue weighted by Crippen LogP contribution is 2.27. The van der Waals surface area contributed by atoms with Crippen LogP contribution in [-0.2, 0) is 25.5 Å². The Labute approximate surface area is 184 Å². The number of nitrogens with one attached hydrogen (secondary N) is 2. The molecule has 10 heteroatoms. The van der Waals surface area contributed by atoms with Crippen LogP contribution in [0.5, 0.6) is 0 Å². The van der Waals surface area contributed by atoms with Crippen molar-refractivity contribution in [2.75, 3.05) is 6.54 Å². The van der Waals surface area contributed by atoms with E-state index >= 15 is 0 Å². The molecule has 0 radical (unpaired) electrons. The third-order valence-corrected chi connectivity index (χ3v) is 4.28. The van der Waals surface area contributed by atoms with E-state index in [1.807, 2.05) is 0 Å². The molecule has 2 aromatic carbocycles. The van der Waals surface area contributed by atoms with Gasteiger partial charge < -0.3 is 15.4 Å². The summed E-state index contributed by atoms with van der Waals surface area (Å²) in [4.78, 5) is 47.4. The molecule has 0 spiro atoms. The Morgan fingerprint density at radius 1 is 1.09 bits per heavy atom. The number of carbonyl (C=O) groups excluding carboxylic acids is 3. The van der Waals surface area contributed by atoms with Gasteiger partial charge in [-0.1, -0.05) is 30.3 Å². The Morgan fingerprint density at radius 3 is 2.47 bits per heavy atom. The van der Waals surface area contributed by atoms with Gasteiger partial charge in [0.2, 0.25) is 11.8 Å². The summed E-state index contributed by atoms with van der Waals surface area (Å²) in [6.07, 6.45) is -0.850. The number of halogens is 1. The summed E-state index contributed by atoms with van der Waals surface area (Å²) in [7, 11) is 0. The fraction of sp³-hybridized carbons (Fsp3) is 0.318. The number of para-hydroxylation sites is 1. The summed E-state index contributed by atoms with van der Waals surface area (Å²) in [6.45, 7) is 2.89. The molecule has 2 rings (SSSR count). The molecule has 0 aliphatic heterocycles. The van der Waals surface area contributed by atoms with Crippen molar-refractivity contribution in [3.63, 3.8) is 0 Å². The summed E-state index contributed by atoms with van der Waals surface area (Å²) in [5.41, 5.74) is 0.319. The van der Waals surface area contributed by atoms with Gasteiger partial charge in [-0.05, 0) is 31.5 Å². The lowest BCUT2D eigenvalue weighted by molar-refractivity contribution is -0.385. The van der Waals surface area contributed by atoms with Crippen LogP contribution in [0.4, 0.5) is 10.1 Å². The molecule has 0 saturated heterocycles. The average Bonchev–Trinajstić information content (AvgIpc) is 2.71. The number of benzene rings is 2. The van der Waals surface area contributed by atoms with Crippen LogP contribution in [0.1, 0.15) is 37.4 Å². The molecular weight excluding hydrogens is 421 g/mol. The summed E-state index contributed by atoms with van der Waals surface area (Å²) < 4.78 is 18.3. The van der Waals surface area contributed by atoms with Gasteiger partial charge in [0.25, 0.3) is 5.69 Å². The minimum Gasteiger partial charge on any atom is -0.463 e. The predicted molar refractivity (Wildman–Crippen MR) is 113 cm³/mol. The lowest BCUT2D eigenvalue weighted by Crippen LogP contribution is -2.40. The number of nitro benzene ring substituents is 1. The first-order chi connectivity index (χ1) is 15.2. The van der Waals surface area contributed by atoms with Crippen LogP contribution < -0.4 is 10.6 Å². The topological polar surface area (TPSA) is 128 Å². The normalized spacial score (nSPS) is 11.5. The number of nitrogens with zero attached hydrogens (tertiary/aromatic N) is 1. The molecular formula is C22H24FN3O6. The molecule has 2 N–H and O–H groups in total. The third-order valence-electron chi connectivity index (χ3n) is 4.28. The van der Waals surface area contributed by atoms with Crippen LogP contribution in [0.15, 0.2) is 48.5 Å². The first-order valence-electron chi connectivity index (χ1n) is 9.89. The Hall–Kier alpha value is -3.82.